The summed E-state index contributed by atoms with van der Waals surface area (Å²) in [4.78, 5) is 11.5. The molecule has 0 aliphatic rings. The molecule has 1 aromatic heterocycles. The van der Waals surface area contributed by atoms with E-state index in [2.05, 4.69) is 36.4 Å². The lowest BCUT2D eigenvalue weighted by molar-refractivity contribution is 0.101. The summed E-state index contributed by atoms with van der Waals surface area (Å²) in [6.45, 7) is 6.52. The standard InChI is InChI=1S/C21H23N3O/c1-15(22-13-18-8-7-9-19(12-18)17(3)25)21-14-23-24(16(21)2)20-10-5-4-6-11-20/h4-12,14-15,22H,13H2,1-3H3. The molecule has 2 aromatic carbocycles. The Hall–Kier alpha value is -2.72. The fraction of sp³-hybridized carbons (Fsp3) is 0.238. The molecule has 1 unspecified atom stereocenters. The van der Waals surface area contributed by atoms with Gasteiger partial charge in [0, 0.05) is 29.4 Å². The number of para-hydroxylation sites is 1. The molecule has 25 heavy (non-hydrogen) atoms. The third-order valence-electron chi connectivity index (χ3n) is 4.46. The first-order valence-corrected chi connectivity index (χ1v) is 8.49. The van der Waals surface area contributed by atoms with Crippen LogP contribution in [0.15, 0.2) is 60.8 Å². The molecule has 1 atom stereocenters. The van der Waals surface area contributed by atoms with Crippen molar-refractivity contribution in [1.29, 1.82) is 0 Å². The molecule has 0 saturated heterocycles. The highest BCUT2D eigenvalue weighted by molar-refractivity contribution is 5.94. The molecule has 128 valence electrons. The second-order valence-corrected chi connectivity index (χ2v) is 6.29. The van der Waals surface area contributed by atoms with E-state index >= 15 is 0 Å². The lowest BCUT2D eigenvalue weighted by Crippen LogP contribution is -2.19. The van der Waals surface area contributed by atoms with Crippen LogP contribution in [-0.4, -0.2) is 15.6 Å². The number of carbonyl (C=O) groups is 1. The van der Waals surface area contributed by atoms with Gasteiger partial charge in [-0.25, -0.2) is 4.68 Å². The van der Waals surface area contributed by atoms with Crippen LogP contribution in [0.2, 0.25) is 0 Å². The van der Waals surface area contributed by atoms with E-state index in [4.69, 9.17) is 0 Å². The van der Waals surface area contributed by atoms with E-state index in [0.717, 1.165) is 22.5 Å². The van der Waals surface area contributed by atoms with E-state index in [0.29, 0.717) is 6.54 Å². The molecule has 0 aliphatic heterocycles. The third kappa shape index (κ3) is 3.86. The zero-order valence-corrected chi connectivity index (χ0v) is 14.9. The number of Topliss-reactive ketones (excluding diaryl/α,β-unsaturated/α-hetero) is 1. The van der Waals surface area contributed by atoms with Gasteiger partial charge in [0.15, 0.2) is 5.78 Å². The van der Waals surface area contributed by atoms with Crippen LogP contribution >= 0.6 is 0 Å². The molecule has 0 radical (unpaired) electrons. The van der Waals surface area contributed by atoms with Crippen LogP contribution in [-0.2, 0) is 6.54 Å². The first kappa shape index (κ1) is 17.1. The highest BCUT2D eigenvalue weighted by atomic mass is 16.1. The lowest BCUT2D eigenvalue weighted by atomic mass is 10.1. The third-order valence-corrected chi connectivity index (χ3v) is 4.46. The molecule has 0 bridgehead atoms. The van der Waals surface area contributed by atoms with Gasteiger partial charge in [0.1, 0.15) is 0 Å². The topological polar surface area (TPSA) is 46.9 Å². The van der Waals surface area contributed by atoms with Crippen LogP contribution in [0.3, 0.4) is 0 Å². The van der Waals surface area contributed by atoms with Gasteiger partial charge in [-0.15, -0.1) is 0 Å². The maximum atomic E-state index is 11.5. The van der Waals surface area contributed by atoms with Crippen LogP contribution in [0.5, 0.6) is 0 Å². The molecule has 3 rings (SSSR count). The zero-order valence-electron chi connectivity index (χ0n) is 14.9. The van der Waals surface area contributed by atoms with Crippen molar-refractivity contribution in [2.45, 2.75) is 33.4 Å². The minimum atomic E-state index is 0.0925. The average Bonchev–Trinajstić information content (AvgIpc) is 3.02. The van der Waals surface area contributed by atoms with Crippen molar-refractivity contribution in [3.05, 3.63) is 83.2 Å². The SMILES string of the molecule is CC(=O)c1cccc(CNC(C)c2cnn(-c3ccccc3)c2C)c1. The van der Waals surface area contributed by atoms with Crippen LogP contribution in [0.25, 0.3) is 5.69 Å². The van der Waals surface area contributed by atoms with Gasteiger partial charge in [-0.2, -0.15) is 5.10 Å². The predicted octanol–water partition coefficient (Wildman–Crippen LogP) is 4.23. The maximum absolute atomic E-state index is 11.5. The minimum Gasteiger partial charge on any atom is -0.306 e. The minimum absolute atomic E-state index is 0.0925. The summed E-state index contributed by atoms with van der Waals surface area (Å²) in [5, 5.41) is 8.05. The molecule has 4 heteroatoms. The summed E-state index contributed by atoms with van der Waals surface area (Å²) in [5.41, 5.74) is 5.22. The Morgan fingerprint density at radius 2 is 1.92 bits per heavy atom. The normalized spacial score (nSPS) is 12.1. The van der Waals surface area contributed by atoms with Gasteiger partial charge < -0.3 is 5.32 Å². The second kappa shape index (κ2) is 7.45. The van der Waals surface area contributed by atoms with Crippen molar-refractivity contribution in [3.63, 3.8) is 0 Å². The number of hydrogen-bond donors (Lipinski definition) is 1. The van der Waals surface area contributed by atoms with Crippen molar-refractivity contribution in [2.75, 3.05) is 0 Å². The number of nitrogens with one attached hydrogen (secondary N) is 1. The summed E-state index contributed by atoms with van der Waals surface area (Å²) < 4.78 is 1.96. The lowest BCUT2D eigenvalue weighted by Gasteiger charge is -2.14. The van der Waals surface area contributed by atoms with Gasteiger partial charge in [0.25, 0.3) is 0 Å². The van der Waals surface area contributed by atoms with Gasteiger partial charge in [-0.1, -0.05) is 36.4 Å². The molecule has 0 spiro atoms. The quantitative estimate of drug-likeness (QED) is 0.687. The average molecular weight is 333 g/mol. The number of aromatic nitrogens is 2. The summed E-state index contributed by atoms with van der Waals surface area (Å²) >= 11 is 0. The Kier molecular flexibility index (Phi) is 5.10. The molecule has 1 N–H and O–H groups in total. The van der Waals surface area contributed by atoms with E-state index in [1.807, 2.05) is 53.3 Å². The number of benzene rings is 2. The highest BCUT2D eigenvalue weighted by Gasteiger charge is 2.14. The summed E-state index contributed by atoms with van der Waals surface area (Å²) in [5.74, 6) is 0.0925. The van der Waals surface area contributed by atoms with Gasteiger partial charge in [0.05, 0.1) is 11.9 Å². The first-order chi connectivity index (χ1) is 12.1. The van der Waals surface area contributed by atoms with E-state index in [1.165, 1.54) is 5.56 Å². The Balaban J connectivity index is 1.72. The summed E-state index contributed by atoms with van der Waals surface area (Å²) in [6.07, 6.45) is 1.92. The second-order valence-electron chi connectivity index (χ2n) is 6.29. The monoisotopic (exact) mass is 333 g/mol. The molecule has 0 saturated carbocycles. The number of hydrogen-bond acceptors (Lipinski definition) is 3. The van der Waals surface area contributed by atoms with Crippen LogP contribution in [0.4, 0.5) is 0 Å². The molecule has 0 amide bonds. The van der Waals surface area contributed by atoms with Crippen molar-refractivity contribution in [1.82, 2.24) is 15.1 Å². The molecule has 3 aromatic rings. The highest BCUT2D eigenvalue weighted by Crippen LogP contribution is 2.20. The van der Waals surface area contributed by atoms with Gasteiger partial charge in [0.2, 0.25) is 0 Å². The predicted molar refractivity (Wildman–Crippen MR) is 100 cm³/mol. The number of carbonyl (C=O) groups excluding carboxylic acids is 1. The van der Waals surface area contributed by atoms with Gasteiger partial charge in [-0.3, -0.25) is 4.79 Å². The summed E-state index contributed by atoms with van der Waals surface area (Å²) in [6, 6.07) is 18.1. The summed E-state index contributed by atoms with van der Waals surface area (Å²) in [7, 11) is 0. The number of ketones is 1. The van der Waals surface area contributed by atoms with Crippen LogP contribution in [0, 0.1) is 6.92 Å². The molecule has 1 heterocycles. The van der Waals surface area contributed by atoms with Crippen molar-refractivity contribution >= 4 is 5.78 Å². The smallest absolute Gasteiger partial charge is 0.159 e. The fourth-order valence-electron chi connectivity index (χ4n) is 2.96. The molecular weight excluding hydrogens is 310 g/mol. The molecule has 0 aliphatic carbocycles. The van der Waals surface area contributed by atoms with E-state index in [-0.39, 0.29) is 11.8 Å². The molecule has 4 nitrogen and oxygen atoms in total. The van der Waals surface area contributed by atoms with E-state index < -0.39 is 0 Å². The fourth-order valence-corrected chi connectivity index (χ4v) is 2.96. The Labute approximate surface area is 148 Å². The maximum Gasteiger partial charge on any atom is 0.159 e. The van der Waals surface area contributed by atoms with Gasteiger partial charge in [-0.05, 0) is 44.5 Å². The zero-order chi connectivity index (χ0) is 17.8. The number of nitrogens with zero attached hydrogens (tertiary/aromatic N) is 2. The Morgan fingerprint density at radius 1 is 1.16 bits per heavy atom. The van der Waals surface area contributed by atoms with Crippen LogP contribution in [0.1, 0.15) is 47.1 Å². The Morgan fingerprint density at radius 3 is 2.64 bits per heavy atom. The largest absolute Gasteiger partial charge is 0.306 e. The molecule has 0 fully saturated rings. The van der Waals surface area contributed by atoms with Crippen molar-refractivity contribution in [2.24, 2.45) is 0 Å². The number of rotatable bonds is 6. The first-order valence-electron chi connectivity index (χ1n) is 8.49. The van der Waals surface area contributed by atoms with Crippen molar-refractivity contribution < 1.29 is 4.79 Å². The van der Waals surface area contributed by atoms with Gasteiger partial charge >= 0.3 is 0 Å². The molecular formula is C21H23N3O. The van der Waals surface area contributed by atoms with E-state index in [1.54, 1.807) is 6.92 Å². The Bertz CT molecular complexity index is 868. The van der Waals surface area contributed by atoms with E-state index in [9.17, 15) is 4.79 Å². The van der Waals surface area contributed by atoms with Crippen molar-refractivity contribution in [3.8, 4) is 5.69 Å². The van der Waals surface area contributed by atoms with Crippen LogP contribution < -0.4 is 5.32 Å².